The molecule has 1 unspecified atom stereocenters. The predicted molar refractivity (Wildman–Crippen MR) is 325 cm³/mol. The number of carboxylic acid groups (broad SMARTS) is 1. The number of hydrogen-bond donors (Lipinski definition) is 13. The fraction of sp³-hybridized carbons (Fsp3) is 0.474. The predicted octanol–water partition coefficient (Wildman–Crippen LogP) is -2.36. The van der Waals surface area contributed by atoms with Crippen LogP contribution in [0.2, 0.25) is 0 Å². The Morgan fingerprint density at radius 1 is 0.605 bits per heavy atom. The minimum absolute atomic E-state index is 0.0581. The van der Waals surface area contributed by atoms with E-state index in [-0.39, 0.29) is 101 Å². The quantitative estimate of drug-likeness (QED) is 0.0230. The van der Waals surface area contributed by atoms with E-state index in [1.54, 1.807) is 91.0 Å². The third kappa shape index (κ3) is 21.0. The van der Waals surface area contributed by atoms with Crippen LogP contribution in [0.3, 0.4) is 0 Å². The zero-order valence-corrected chi connectivity index (χ0v) is 49.2. The van der Waals surface area contributed by atoms with Crippen LogP contribution in [0.4, 0.5) is 0 Å². The van der Waals surface area contributed by atoms with Gasteiger partial charge in [0, 0.05) is 56.9 Å². The van der Waals surface area contributed by atoms with Crippen molar-refractivity contribution in [2.45, 2.75) is 125 Å². The van der Waals surface area contributed by atoms with E-state index in [0.717, 1.165) is 21.6 Å². The van der Waals surface area contributed by atoms with E-state index >= 15 is 0 Å². The molecule has 0 radical (unpaired) electrons. The molecule has 9 atom stereocenters. The van der Waals surface area contributed by atoms with Gasteiger partial charge in [0.2, 0.25) is 53.2 Å². The summed E-state index contributed by atoms with van der Waals surface area (Å²) in [7, 11) is 2.11. The molecule has 0 spiro atoms. The Labute approximate surface area is 506 Å². The van der Waals surface area contributed by atoms with Gasteiger partial charge in [-0.1, -0.05) is 113 Å². The first kappa shape index (κ1) is 66.7. The topological polar surface area (TPSA) is 436 Å². The van der Waals surface area contributed by atoms with Crippen LogP contribution in [-0.2, 0) is 67.2 Å². The van der Waals surface area contributed by atoms with Gasteiger partial charge in [-0.25, -0.2) is 4.79 Å². The average Bonchev–Trinajstić information content (AvgIpc) is 2.74. The van der Waals surface area contributed by atoms with Gasteiger partial charge >= 0.3 is 5.97 Å². The van der Waals surface area contributed by atoms with Gasteiger partial charge in [-0.05, 0) is 68.1 Å². The molecule has 29 heteroatoms. The fourth-order valence-electron chi connectivity index (χ4n) is 10.1. The lowest BCUT2D eigenvalue weighted by Crippen LogP contribution is -2.60. The molecule has 0 bridgehead atoms. The lowest BCUT2D eigenvalue weighted by molar-refractivity contribution is -0.148. The molecule has 27 nitrogen and oxygen atoms in total. The van der Waals surface area contributed by atoms with Gasteiger partial charge in [-0.15, -0.1) is 0 Å². The number of carboxylic acids is 1. The number of nitrogens with zero attached hydrogens (tertiary/aromatic N) is 4. The van der Waals surface area contributed by atoms with E-state index in [1.807, 2.05) is 0 Å². The molecule has 9 amide bonds. The molecule has 3 aromatic rings. The summed E-state index contributed by atoms with van der Waals surface area (Å²) in [4.78, 5) is 152. The van der Waals surface area contributed by atoms with Crippen molar-refractivity contribution in [1.29, 1.82) is 0 Å². The molecule has 3 aliphatic rings. The SMILES string of the molecule is NC(N)=NCCC[C@H](NC(=O)[C@H](Cc1ccccc1)NC(=O)[C@@H](Cc1ccccc1)NC(=O)[C@@H]1CSSC[C@H](N)C(=O)N[C@@H](CCCN=C(N)N)C(=O)N2CCC[C@H]2C(=O)N2CCC[C@H]2C(=O)NCC(=O)NC(Cc2ccccc2)C(=O)N1)C(=O)O. The minimum atomic E-state index is -1.47. The molecule has 0 saturated carbocycles. The van der Waals surface area contributed by atoms with E-state index < -0.39 is 120 Å². The Hall–Kier alpha value is -8.44. The first-order valence-electron chi connectivity index (χ1n) is 28.4. The van der Waals surface area contributed by atoms with Gasteiger partial charge in [0.05, 0.1) is 12.6 Å². The number of fused-ring (bicyclic) bond motifs is 2. The molecule has 3 saturated heterocycles. The van der Waals surface area contributed by atoms with Gasteiger partial charge in [-0.2, -0.15) is 0 Å². The van der Waals surface area contributed by atoms with Crippen molar-refractivity contribution in [3.63, 3.8) is 0 Å². The standard InChI is InChI=1S/C57H78N16O11S2/c58-37-32-85-86-33-43(51(79)70-42(30-36-18-8-3-9-19-36)50(78)69-41(29-35-16-6-2-7-17-35)49(77)68-39(55(83)84)21-11-25-64-57(61)62)71-48(76)40(28-34-14-4-1-5-15-34)66-46(74)31-65-52(80)44-22-12-26-72(44)54(82)45-23-13-27-73(45)53(81)38(67-47(37)75)20-10-24-63-56(59)60/h1-9,14-19,37-45H,10-13,20-33,58H2,(H,65,80)(H,66,74)(H,67,75)(H,68,77)(H,69,78)(H,70,79)(H,71,76)(H,83,84)(H4,59,60,63)(H4,61,62,64)/t37-,38-,39-,40?,41-,42+,43-,44-,45-/m0/s1. The maximum absolute atomic E-state index is 14.9. The van der Waals surface area contributed by atoms with Crippen LogP contribution >= 0.6 is 21.6 Å². The molecule has 3 aromatic carbocycles. The molecule has 0 aliphatic carbocycles. The van der Waals surface area contributed by atoms with Crippen molar-refractivity contribution in [2.75, 3.05) is 44.2 Å². The molecular formula is C57H78N16O11S2. The van der Waals surface area contributed by atoms with Crippen LogP contribution in [0.5, 0.6) is 0 Å². The number of amides is 9. The Balaban J connectivity index is 1.30. The van der Waals surface area contributed by atoms with E-state index in [1.165, 1.54) is 9.80 Å². The molecule has 464 valence electrons. The number of nitrogens with one attached hydrogen (secondary N) is 7. The highest BCUT2D eigenvalue weighted by atomic mass is 33.1. The summed E-state index contributed by atoms with van der Waals surface area (Å²) in [6.07, 6.45) is 1.69. The van der Waals surface area contributed by atoms with Gasteiger partial charge in [0.1, 0.15) is 48.3 Å². The van der Waals surface area contributed by atoms with E-state index in [9.17, 15) is 53.1 Å². The van der Waals surface area contributed by atoms with Gasteiger partial charge in [0.25, 0.3) is 0 Å². The Bertz CT molecular complexity index is 2890. The van der Waals surface area contributed by atoms with Gasteiger partial charge < -0.3 is 80.8 Å². The first-order chi connectivity index (χ1) is 41.3. The summed E-state index contributed by atoms with van der Waals surface area (Å²) >= 11 is 0. The van der Waals surface area contributed by atoms with Crippen LogP contribution < -0.4 is 65.9 Å². The number of nitrogens with two attached hydrogens (primary N) is 5. The zero-order chi connectivity index (χ0) is 62.1. The molecule has 3 fully saturated rings. The monoisotopic (exact) mass is 1230 g/mol. The number of aliphatic imine (C=N–C) groups is 2. The highest BCUT2D eigenvalue weighted by Gasteiger charge is 2.44. The third-order valence-corrected chi connectivity index (χ3v) is 17.0. The summed E-state index contributed by atoms with van der Waals surface area (Å²) in [6, 6.07) is 14.7. The van der Waals surface area contributed by atoms with Crippen LogP contribution in [0.1, 0.15) is 68.1 Å². The van der Waals surface area contributed by atoms with E-state index in [2.05, 4.69) is 47.2 Å². The summed E-state index contributed by atoms with van der Waals surface area (Å²) in [5.41, 5.74) is 30.2. The van der Waals surface area contributed by atoms with Crippen LogP contribution in [-0.4, -0.2) is 185 Å². The van der Waals surface area contributed by atoms with Crippen molar-refractivity contribution in [3.8, 4) is 0 Å². The number of rotatable bonds is 21. The smallest absolute Gasteiger partial charge is 0.326 e. The number of carbonyl (C=O) groups is 10. The van der Waals surface area contributed by atoms with Crippen LogP contribution in [0.25, 0.3) is 0 Å². The lowest BCUT2D eigenvalue weighted by Gasteiger charge is -2.33. The van der Waals surface area contributed by atoms with Gasteiger partial charge in [-0.3, -0.25) is 53.1 Å². The van der Waals surface area contributed by atoms with Crippen molar-refractivity contribution < 1.29 is 53.1 Å². The number of benzene rings is 3. The van der Waals surface area contributed by atoms with Crippen molar-refractivity contribution in [2.24, 2.45) is 38.7 Å². The minimum Gasteiger partial charge on any atom is -0.480 e. The average molecular weight is 1230 g/mol. The maximum Gasteiger partial charge on any atom is 0.326 e. The third-order valence-electron chi connectivity index (χ3n) is 14.5. The normalized spacial score (nSPS) is 22.0. The Morgan fingerprint density at radius 3 is 1.71 bits per heavy atom. The number of guanidine groups is 2. The summed E-state index contributed by atoms with van der Waals surface area (Å²) < 4.78 is 0. The largest absolute Gasteiger partial charge is 0.480 e. The van der Waals surface area contributed by atoms with Gasteiger partial charge in [0.15, 0.2) is 11.9 Å². The molecule has 18 N–H and O–H groups in total. The maximum atomic E-state index is 14.9. The van der Waals surface area contributed by atoms with Crippen LogP contribution in [0.15, 0.2) is 101 Å². The van der Waals surface area contributed by atoms with E-state index in [0.29, 0.717) is 36.0 Å². The van der Waals surface area contributed by atoms with Crippen molar-refractivity contribution >= 4 is 92.6 Å². The molecule has 86 heavy (non-hydrogen) atoms. The lowest BCUT2D eigenvalue weighted by atomic mass is 10.0. The summed E-state index contributed by atoms with van der Waals surface area (Å²) in [6.45, 7) is 0.0377. The molecule has 3 heterocycles. The Kier molecular flexibility index (Phi) is 26.3. The number of hydrogen-bond acceptors (Lipinski definition) is 15. The van der Waals surface area contributed by atoms with Crippen molar-refractivity contribution in [1.82, 2.24) is 47.0 Å². The Morgan fingerprint density at radius 2 is 1.13 bits per heavy atom. The molecular weight excluding hydrogens is 1150 g/mol. The summed E-state index contributed by atoms with van der Waals surface area (Å²) in [5.74, 6) is -8.45. The molecule has 0 aromatic heterocycles. The number of aliphatic carboxylic acids is 1. The van der Waals surface area contributed by atoms with Crippen molar-refractivity contribution in [3.05, 3.63) is 108 Å². The second kappa shape index (κ2) is 33.9. The van der Waals surface area contributed by atoms with Crippen LogP contribution in [0, 0.1) is 0 Å². The number of carbonyl (C=O) groups excluding carboxylic acids is 9. The first-order valence-corrected chi connectivity index (χ1v) is 30.9. The highest BCUT2D eigenvalue weighted by molar-refractivity contribution is 8.76. The fourth-order valence-corrected chi connectivity index (χ4v) is 12.4. The highest BCUT2D eigenvalue weighted by Crippen LogP contribution is 2.27. The van der Waals surface area contributed by atoms with E-state index in [4.69, 9.17) is 28.7 Å². The second-order valence-corrected chi connectivity index (χ2v) is 23.6. The second-order valence-electron chi connectivity index (χ2n) is 21.0. The molecule has 3 aliphatic heterocycles. The molecule has 6 rings (SSSR count). The summed E-state index contributed by atoms with van der Waals surface area (Å²) in [5, 5.41) is 29.0. The zero-order valence-electron chi connectivity index (χ0n) is 47.6.